The van der Waals surface area contributed by atoms with Gasteiger partial charge in [0, 0.05) is 12.2 Å². The van der Waals surface area contributed by atoms with E-state index in [1.807, 2.05) is 4.98 Å². The lowest BCUT2D eigenvalue weighted by atomic mass is 10.1. The molecule has 0 aromatic carbocycles. The molecule has 2 heterocycles. The molecule has 1 unspecified atom stereocenters. The molecule has 18 heavy (non-hydrogen) atoms. The first kappa shape index (κ1) is 12.6. The standard InChI is InChI=1S/C11H16N4O3/c16-9(8-6-13-11(18)15-10(8)17)14-7-2-1-4-12-5-3-7/h6-7,12H,1-5H2,(H,14,16)(H2,13,15,17,18). The van der Waals surface area contributed by atoms with Crippen LogP contribution in [0.3, 0.4) is 0 Å². The van der Waals surface area contributed by atoms with Crippen molar-refractivity contribution in [2.24, 2.45) is 0 Å². The summed E-state index contributed by atoms with van der Waals surface area (Å²) in [7, 11) is 0. The highest BCUT2D eigenvalue weighted by atomic mass is 16.2. The Balaban J connectivity index is 2.06. The van der Waals surface area contributed by atoms with E-state index in [0.717, 1.165) is 38.5 Å². The molecule has 0 saturated carbocycles. The Labute approximate surface area is 103 Å². The van der Waals surface area contributed by atoms with Gasteiger partial charge in [-0.15, -0.1) is 0 Å². The summed E-state index contributed by atoms with van der Waals surface area (Å²) in [6.07, 6.45) is 3.87. The molecule has 1 amide bonds. The normalized spacial score (nSPS) is 20.1. The molecular weight excluding hydrogens is 236 g/mol. The van der Waals surface area contributed by atoms with Crippen LogP contribution in [-0.2, 0) is 0 Å². The van der Waals surface area contributed by atoms with E-state index >= 15 is 0 Å². The third kappa shape index (κ3) is 3.07. The Hall–Kier alpha value is -1.89. The average Bonchev–Trinajstić information content (AvgIpc) is 2.57. The lowest BCUT2D eigenvalue weighted by molar-refractivity contribution is 0.0932. The minimum Gasteiger partial charge on any atom is -0.349 e. The minimum atomic E-state index is -0.664. The molecule has 1 fully saturated rings. The van der Waals surface area contributed by atoms with E-state index in [9.17, 15) is 14.4 Å². The van der Waals surface area contributed by atoms with Gasteiger partial charge >= 0.3 is 5.69 Å². The lowest BCUT2D eigenvalue weighted by Crippen LogP contribution is -2.39. The summed E-state index contributed by atoms with van der Waals surface area (Å²) in [5.41, 5.74) is -1.34. The summed E-state index contributed by atoms with van der Waals surface area (Å²) in [5.74, 6) is -0.445. The van der Waals surface area contributed by atoms with Crippen LogP contribution < -0.4 is 21.9 Å². The van der Waals surface area contributed by atoms with Crippen LogP contribution in [0.2, 0.25) is 0 Å². The number of H-pyrrole nitrogens is 2. The van der Waals surface area contributed by atoms with Gasteiger partial charge in [-0.1, -0.05) is 0 Å². The zero-order valence-electron chi connectivity index (χ0n) is 9.91. The Bertz CT molecular complexity index is 526. The van der Waals surface area contributed by atoms with E-state index in [1.54, 1.807) is 0 Å². The quantitative estimate of drug-likeness (QED) is 0.538. The van der Waals surface area contributed by atoms with Crippen molar-refractivity contribution in [3.05, 3.63) is 32.6 Å². The van der Waals surface area contributed by atoms with E-state index in [4.69, 9.17) is 0 Å². The molecule has 1 aliphatic rings. The SMILES string of the molecule is O=C(NC1CCCNCC1)c1c[nH]c(=O)[nH]c1=O. The van der Waals surface area contributed by atoms with Crippen LogP contribution in [0, 0.1) is 0 Å². The van der Waals surface area contributed by atoms with Crippen molar-refractivity contribution in [1.29, 1.82) is 0 Å². The van der Waals surface area contributed by atoms with E-state index in [0.29, 0.717) is 0 Å². The minimum absolute atomic E-state index is 0.0631. The average molecular weight is 252 g/mol. The molecule has 2 rings (SSSR count). The van der Waals surface area contributed by atoms with Crippen LogP contribution in [-0.4, -0.2) is 35.0 Å². The zero-order chi connectivity index (χ0) is 13.0. The van der Waals surface area contributed by atoms with Crippen molar-refractivity contribution < 1.29 is 4.79 Å². The number of carbonyl (C=O) groups excluding carboxylic acids is 1. The molecule has 0 radical (unpaired) electrons. The number of aromatic nitrogens is 2. The number of nitrogens with one attached hydrogen (secondary N) is 4. The molecule has 0 spiro atoms. The van der Waals surface area contributed by atoms with Crippen molar-refractivity contribution in [2.75, 3.05) is 13.1 Å². The summed E-state index contributed by atoms with van der Waals surface area (Å²) in [5, 5.41) is 6.06. The van der Waals surface area contributed by atoms with Gasteiger partial charge in [0.15, 0.2) is 0 Å². The van der Waals surface area contributed by atoms with E-state index in [2.05, 4.69) is 15.6 Å². The monoisotopic (exact) mass is 252 g/mol. The first-order valence-corrected chi connectivity index (χ1v) is 6.00. The lowest BCUT2D eigenvalue weighted by Gasteiger charge is -2.15. The highest BCUT2D eigenvalue weighted by Gasteiger charge is 2.17. The fraction of sp³-hybridized carbons (Fsp3) is 0.545. The van der Waals surface area contributed by atoms with Gasteiger partial charge in [-0.3, -0.25) is 14.6 Å². The maximum Gasteiger partial charge on any atom is 0.325 e. The second-order valence-corrected chi connectivity index (χ2v) is 4.34. The summed E-state index contributed by atoms with van der Waals surface area (Å²) in [6.45, 7) is 1.80. The molecular formula is C11H16N4O3. The number of hydrogen-bond acceptors (Lipinski definition) is 4. The van der Waals surface area contributed by atoms with Gasteiger partial charge in [0.2, 0.25) is 0 Å². The number of amides is 1. The Kier molecular flexibility index (Phi) is 3.93. The zero-order valence-corrected chi connectivity index (χ0v) is 9.91. The molecule has 1 aromatic rings. The second kappa shape index (κ2) is 5.63. The molecule has 1 saturated heterocycles. The molecule has 98 valence electrons. The van der Waals surface area contributed by atoms with Crippen molar-refractivity contribution in [3.8, 4) is 0 Å². The van der Waals surface area contributed by atoms with Gasteiger partial charge < -0.3 is 15.6 Å². The predicted molar refractivity (Wildman–Crippen MR) is 65.7 cm³/mol. The van der Waals surface area contributed by atoms with Crippen molar-refractivity contribution in [3.63, 3.8) is 0 Å². The molecule has 1 atom stereocenters. The highest BCUT2D eigenvalue weighted by Crippen LogP contribution is 2.05. The third-order valence-electron chi connectivity index (χ3n) is 2.97. The van der Waals surface area contributed by atoms with Gasteiger partial charge in [0.1, 0.15) is 5.56 Å². The fourth-order valence-electron chi connectivity index (χ4n) is 2.01. The fourth-order valence-corrected chi connectivity index (χ4v) is 2.01. The molecule has 7 heteroatoms. The van der Waals surface area contributed by atoms with Crippen LogP contribution in [0.25, 0.3) is 0 Å². The summed E-state index contributed by atoms with van der Waals surface area (Å²) < 4.78 is 0. The van der Waals surface area contributed by atoms with E-state index < -0.39 is 17.2 Å². The van der Waals surface area contributed by atoms with Crippen LogP contribution >= 0.6 is 0 Å². The van der Waals surface area contributed by atoms with Gasteiger partial charge in [-0.25, -0.2) is 4.79 Å². The van der Waals surface area contributed by atoms with Crippen LogP contribution in [0.15, 0.2) is 15.8 Å². The molecule has 7 nitrogen and oxygen atoms in total. The topological polar surface area (TPSA) is 107 Å². The van der Waals surface area contributed by atoms with Crippen LogP contribution in [0.4, 0.5) is 0 Å². The smallest absolute Gasteiger partial charge is 0.325 e. The number of rotatable bonds is 2. The second-order valence-electron chi connectivity index (χ2n) is 4.34. The van der Waals surface area contributed by atoms with Crippen LogP contribution in [0.5, 0.6) is 0 Å². The van der Waals surface area contributed by atoms with Gasteiger partial charge in [-0.2, -0.15) is 0 Å². The van der Waals surface area contributed by atoms with Gasteiger partial charge in [-0.05, 0) is 32.4 Å². The number of hydrogen-bond donors (Lipinski definition) is 4. The maximum absolute atomic E-state index is 11.9. The highest BCUT2D eigenvalue weighted by molar-refractivity contribution is 5.93. The van der Waals surface area contributed by atoms with E-state index in [-0.39, 0.29) is 11.6 Å². The van der Waals surface area contributed by atoms with Crippen LogP contribution in [0.1, 0.15) is 29.6 Å². The third-order valence-corrected chi connectivity index (χ3v) is 2.97. The Morgan fingerprint density at radius 3 is 2.89 bits per heavy atom. The summed E-state index contributed by atoms with van der Waals surface area (Å²) >= 11 is 0. The molecule has 4 N–H and O–H groups in total. The largest absolute Gasteiger partial charge is 0.349 e. The molecule has 1 aliphatic heterocycles. The Morgan fingerprint density at radius 2 is 2.11 bits per heavy atom. The van der Waals surface area contributed by atoms with Crippen molar-refractivity contribution >= 4 is 5.91 Å². The summed E-state index contributed by atoms with van der Waals surface area (Å²) in [4.78, 5) is 38.5. The first-order chi connectivity index (χ1) is 8.66. The van der Waals surface area contributed by atoms with Crippen molar-refractivity contribution in [2.45, 2.75) is 25.3 Å². The van der Waals surface area contributed by atoms with Gasteiger partial charge in [0.05, 0.1) is 0 Å². The number of carbonyl (C=O) groups is 1. The number of aromatic amines is 2. The summed E-state index contributed by atoms with van der Waals surface area (Å²) in [6, 6.07) is 0.0684. The first-order valence-electron chi connectivity index (χ1n) is 6.00. The Morgan fingerprint density at radius 1 is 1.28 bits per heavy atom. The van der Waals surface area contributed by atoms with Gasteiger partial charge in [0.25, 0.3) is 11.5 Å². The predicted octanol–water partition coefficient (Wildman–Crippen LogP) is -1.06. The molecule has 1 aromatic heterocycles. The van der Waals surface area contributed by atoms with E-state index in [1.165, 1.54) is 0 Å². The molecule has 0 aliphatic carbocycles. The maximum atomic E-state index is 11.9. The van der Waals surface area contributed by atoms with Crippen molar-refractivity contribution in [1.82, 2.24) is 20.6 Å². The molecule has 0 bridgehead atoms.